The first-order valence-corrected chi connectivity index (χ1v) is 11.3. The van der Waals surface area contributed by atoms with Gasteiger partial charge in [-0.25, -0.2) is 4.63 Å². The maximum atomic E-state index is 12.7. The van der Waals surface area contributed by atoms with Crippen LogP contribution in [0.25, 0.3) is 11.3 Å². The SMILES string of the molecule is CCCOc1ccc(-c2nonc2NC(=O)[C@H](C)Oc2ccc(CC)cc2)cc1OCCC. The van der Waals surface area contributed by atoms with Crippen LogP contribution < -0.4 is 19.5 Å². The van der Waals surface area contributed by atoms with Crippen LogP contribution in [0.5, 0.6) is 17.2 Å². The highest BCUT2D eigenvalue weighted by atomic mass is 16.6. The molecule has 0 saturated carbocycles. The first kappa shape index (κ1) is 24.1. The van der Waals surface area contributed by atoms with Crippen molar-refractivity contribution in [1.29, 1.82) is 0 Å². The number of aryl methyl sites for hydroxylation is 1. The van der Waals surface area contributed by atoms with E-state index in [1.807, 2.05) is 56.3 Å². The number of anilines is 1. The number of carbonyl (C=O) groups excluding carboxylic acids is 1. The lowest BCUT2D eigenvalue weighted by Gasteiger charge is -2.15. The van der Waals surface area contributed by atoms with Crippen molar-refractivity contribution in [3.8, 4) is 28.5 Å². The van der Waals surface area contributed by atoms with E-state index in [0.29, 0.717) is 41.7 Å². The summed E-state index contributed by atoms with van der Waals surface area (Å²) in [4.78, 5) is 12.7. The number of benzene rings is 2. The number of hydrogen-bond acceptors (Lipinski definition) is 7. The van der Waals surface area contributed by atoms with Crippen molar-refractivity contribution in [2.24, 2.45) is 0 Å². The Balaban J connectivity index is 1.73. The van der Waals surface area contributed by atoms with E-state index >= 15 is 0 Å². The molecule has 0 saturated heterocycles. The molecule has 0 aliphatic heterocycles. The van der Waals surface area contributed by atoms with Gasteiger partial charge >= 0.3 is 0 Å². The van der Waals surface area contributed by atoms with Gasteiger partial charge in [-0.15, -0.1) is 0 Å². The molecule has 1 aromatic heterocycles. The molecule has 8 heteroatoms. The fourth-order valence-electron chi connectivity index (χ4n) is 3.05. The highest BCUT2D eigenvalue weighted by Crippen LogP contribution is 2.34. The van der Waals surface area contributed by atoms with Crippen LogP contribution in [0.4, 0.5) is 5.82 Å². The van der Waals surface area contributed by atoms with Crippen molar-refractivity contribution in [3.63, 3.8) is 0 Å². The molecular weight excluding hydrogens is 422 g/mol. The van der Waals surface area contributed by atoms with Crippen LogP contribution in [0.15, 0.2) is 47.1 Å². The normalized spacial score (nSPS) is 11.6. The van der Waals surface area contributed by atoms with Gasteiger partial charge in [0.2, 0.25) is 5.82 Å². The summed E-state index contributed by atoms with van der Waals surface area (Å²) in [6, 6.07) is 13.1. The van der Waals surface area contributed by atoms with Crippen LogP contribution in [0, 0.1) is 0 Å². The molecule has 1 atom stereocenters. The minimum atomic E-state index is -0.740. The second-order valence-electron chi connectivity index (χ2n) is 7.57. The third-order valence-corrected chi connectivity index (χ3v) is 4.88. The van der Waals surface area contributed by atoms with E-state index < -0.39 is 6.10 Å². The molecule has 33 heavy (non-hydrogen) atoms. The number of carbonyl (C=O) groups is 1. The molecule has 176 valence electrons. The summed E-state index contributed by atoms with van der Waals surface area (Å²) in [7, 11) is 0. The second-order valence-corrected chi connectivity index (χ2v) is 7.57. The lowest BCUT2D eigenvalue weighted by Crippen LogP contribution is -2.30. The first-order chi connectivity index (χ1) is 16.0. The van der Waals surface area contributed by atoms with Crippen molar-refractivity contribution < 1.29 is 23.6 Å². The molecule has 0 unspecified atom stereocenters. The molecule has 1 N–H and O–H groups in total. The average Bonchev–Trinajstić information content (AvgIpc) is 3.30. The van der Waals surface area contributed by atoms with E-state index in [0.717, 1.165) is 19.3 Å². The van der Waals surface area contributed by atoms with Gasteiger partial charge in [-0.2, -0.15) is 0 Å². The zero-order valence-corrected chi connectivity index (χ0v) is 19.6. The monoisotopic (exact) mass is 453 g/mol. The van der Waals surface area contributed by atoms with Crippen LogP contribution in [0.2, 0.25) is 0 Å². The van der Waals surface area contributed by atoms with Gasteiger partial charge in [-0.3, -0.25) is 4.79 Å². The molecule has 0 aliphatic carbocycles. The molecule has 0 spiro atoms. The lowest BCUT2D eigenvalue weighted by atomic mass is 10.1. The zero-order valence-electron chi connectivity index (χ0n) is 19.6. The minimum absolute atomic E-state index is 0.209. The number of hydrogen-bond donors (Lipinski definition) is 1. The zero-order chi connectivity index (χ0) is 23.6. The Hall–Kier alpha value is -3.55. The topological polar surface area (TPSA) is 95.7 Å². The van der Waals surface area contributed by atoms with Crippen molar-refractivity contribution in [2.45, 2.75) is 53.1 Å². The Bertz CT molecular complexity index is 1030. The van der Waals surface area contributed by atoms with Crippen molar-refractivity contribution in [2.75, 3.05) is 18.5 Å². The number of rotatable bonds is 12. The maximum Gasteiger partial charge on any atom is 0.266 e. The van der Waals surface area contributed by atoms with Gasteiger partial charge in [0.25, 0.3) is 5.91 Å². The fraction of sp³-hybridized carbons (Fsp3) is 0.400. The molecule has 1 heterocycles. The predicted molar refractivity (Wildman–Crippen MR) is 126 cm³/mol. The van der Waals surface area contributed by atoms with E-state index in [2.05, 4.69) is 22.6 Å². The highest BCUT2D eigenvalue weighted by Gasteiger charge is 2.21. The van der Waals surface area contributed by atoms with Crippen LogP contribution >= 0.6 is 0 Å². The third-order valence-electron chi connectivity index (χ3n) is 4.88. The fourth-order valence-corrected chi connectivity index (χ4v) is 3.05. The molecule has 0 radical (unpaired) electrons. The molecule has 8 nitrogen and oxygen atoms in total. The van der Waals surface area contributed by atoms with Crippen molar-refractivity contribution in [1.82, 2.24) is 10.3 Å². The van der Waals surface area contributed by atoms with Crippen LogP contribution in [0.3, 0.4) is 0 Å². The van der Waals surface area contributed by atoms with E-state index in [-0.39, 0.29) is 11.7 Å². The minimum Gasteiger partial charge on any atom is -0.490 e. The quantitative estimate of drug-likeness (QED) is 0.398. The number of nitrogens with zero attached hydrogens (tertiary/aromatic N) is 2. The van der Waals surface area contributed by atoms with E-state index in [4.69, 9.17) is 18.8 Å². The average molecular weight is 454 g/mol. The first-order valence-electron chi connectivity index (χ1n) is 11.3. The molecule has 1 amide bonds. The van der Waals surface area contributed by atoms with E-state index in [1.54, 1.807) is 6.92 Å². The largest absolute Gasteiger partial charge is 0.490 e. The summed E-state index contributed by atoms with van der Waals surface area (Å²) in [5.74, 6) is 1.73. The van der Waals surface area contributed by atoms with Gasteiger partial charge in [-0.05, 0) is 72.4 Å². The lowest BCUT2D eigenvalue weighted by molar-refractivity contribution is -0.122. The summed E-state index contributed by atoms with van der Waals surface area (Å²) in [5.41, 5.74) is 2.28. The van der Waals surface area contributed by atoms with Crippen LogP contribution in [-0.4, -0.2) is 35.5 Å². The Morgan fingerprint density at radius 2 is 1.67 bits per heavy atom. The Labute approximate surface area is 194 Å². The molecule has 3 rings (SSSR count). The standard InChI is InChI=1S/C25H31N3O5/c1-5-14-30-21-13-10-19(16-22(21)31-15-6-2)23-24(28-33-27-23)26-25(29)17(4)32-20-11-8-18(7-3)9-12-20/h8-13,16-17H,5-7,14-15H2,1-4H3,(H,26,28,29)/t17-/m0/s1. The Morgan fingerprint density at radius 3 is 2.33 bits per heavy atom. The van der Waals surface area contributed by atoms with Gasteiger partial charge in [0.15, 0.2) is 23.3 Å². The summed E-state index contributed by atoms with van der Waals surface area (Å²) in [6.07, 6.45) is 1.95. The number of nitrogens with one attached hydrogen (secondary N) is 1. The van der Waals surface area contributed by atoms with E-state index in [1.165, 1.54) is 5.56 Å². The van der Waals surface area contributed by atoms with Crippen LogP contribution in [-0.2, 0) is 11.2 Å². The molecule has 2 aromatic carbocycles. The van der Waals surface area contributed by atoms with Crippen molar-refractivity contribution in [3.05, 3.63) is 48.0 Å². The number of amides is 1. The smallest absolute Gasteiger partial charge is 0.266 e. The highest BCUT2D eigenvalue weighted by molar-refractivity contribution is 5.96. The summed E-state index contributed by atoms with van der Waals surface area (Å²) in [5, 5.41) is 10.6. The molecule has 0 aliphatic rings. The van der Waals surface area contributed by atoms with Crippen LogP contribution in [0.1, 0.15) is 46.1 Å². The molecule has 0 bridgehead atoms. The third kappa shape index (κ3) is 6.47. The van der Waals surface area contributed by atoms with Gasteiger partial charge in [0, 0.05) is 5.56 Å². The van der Waals surface area contributed by atoms with Gasteiger partial charge in [0.1, 0.15) is 5.75 Å². The maximum absolute atomic E-state index is 12.7. The van der Waals surface area contributed by atoms with Gasteiger partial charge < -0.3 is 19.5 Å². The number of ether oxygens (including phenoxy) is 3. The molecular formula is C25H31N3O5. The van der Waals surface area contributed by atoms with Crippen molar-refractivity contribution >= 4 is 11.7 Å². The second kappa shape index (κ2) is 11.9. The molecule has 0 fully saturated rings. The van der Waals surface area contributed by atoms with Gasteiger partial charge in [0.05, 0.1) is 13.2 Å². The van der Waals surface area contributed by atoms with Gasteiger partial charge in [-0.1, -0.05) is 32.9 Å². The summed E-state index contributed by atoms with van der Waals surface area (Å²) < 4.78 is 22.3. The Kier molecular flexibility index (Phi) is 8.69. The summed E-state index contributed by atoms with van der Waals surface area (Å²) >= 11 is 0. The van der Waals surface area contributed by atoms with E-state index in [9.17, 15) is 4.79 Å². The molecule has 3 aromatic rings. The predicted octanol–water partition coefficient (Wildman–Crippen LogP) is 5.28. The Morgan fingerprint density at radius 1 is 0.970 bits per heavy atom. The number of aromatic nitrogens is 2. The summed E-state index contributed by atoms with van der Waals surface area (Å²) in [6.45, 7) is 8.98.